The molecule has 0 aliphatic carbocycles. The standard InChI is InChI=1S/C28H27F2N3O2/c1-17-27(32)9-11-33(17)28(34)20-6-8-22(23-7-3-18(10-12-35-2)13-26(23)30)24(14-20)19-4-5-21(16-31)25(29)15-19/h3-8,13-15,17,27H,9-12,32H2,1-2H3/t17?,27-/m0/s1. The molecule has 1 amide bonds. The number of methoxy groups -OCH3 is 1. The molecule has 4 rings (SSSR count). The van der Waals surface area contributed by atoms with Crippen molar-refractivity contribution >= 4 is 5.91 Å². The molecular formula is C28H27F2N3O2. The molecule has 3 aromatic rings. The fraction of sp³-hybridized carbons (Fsp3) is 0.286. The number of ether oxygens (including phenoxy) is 1. The van der Waals surface area contributed by atoms with Crippen LogP contribution in [0.25, 0.3) is 22.3 Å². The van der Waals surface area contributed by atoms with E-state index in [4.69, 9.17) is 15.7 Å². The first-order valence-electron chi connectivity index (χ1n) is 11.5. The molecule has 2 atom stereocenters. The van der Waals surface area contributed by atoms with E-state index >= 15 is 4.39 Å². The highest BCUT2D eigenvalue weighted by Gasteiger charge is 2.32. The SMILES string of the molecule is COCCc1ccc(-c2ccc(C(=O)N3CC[C@H](N)C3C)cc2-c2ccc(C#N)c(F)c2)c(F)c1. The Bertz CT molecular complexity index is 1300. The number of amides is 1. The Morgan fingerprint density at radius 3 is 2.49 bits per heavy atom. The number of likely N-dealkylation sites (tertiary alicyclic amines) is 1. The summed E-state index contributed by atoms with van der Waals surface area (Å²) in [4.78, 5) is 15.0. The van der Waals surface area contributed by atoms with Crippen LogP contribution in [0.4, 0.5) is 8.78 Å². The molecule has 1 saturated heterocycles. The molecule has 0 radical (unpaired) electrons. The van der Waals surface area contributed by atoms with E-state index in [1.165, 1.54) is 18.2 Å². The number of rotatable bonds is 6. The van der Waals surface area contributed by atoms with E-state index in [1.54, 1.807) is 42.3 Å². The monoisotopic (exact) mass is 475 g/mol. The van der Waals surface area contributed by atoms with Crippen LogP contribution in [0.2, 0.25) is 0 Å². The zero-order valence-corrected chi connectivity index (χ0v) is 19.7. The van der Waals surface area contributed by atoms with Crippen molar-refractivity contribution in [2.75, 3.05) is 20.3 Å². The average Bonchev–Trinajstić information content (AvgIpc) is 3.20. The van der Waals surface area contributed by atoms with Gasteiger partial charge in [0.1, 0.15) is 17.7 Å². The summed E-state index contributed by atoms with van der Waals surface area (Å²) >= 11 is 0. The first-order valence-corrected chi connectivity index (χ1v) is 11.5. The summed E-state index contributed by atoms with van der Waals surface area (Å²) in [6.45, 7) is 2.95. The molecule has 0 bridgehead atoms. The average molecular weight is 476 g/mol. The molecule has 1 aliphatic rings. The highest BCUT2D eigenvalue weighted by atomic mass is 19.1. The van der Waals surface area contributed by atoms with Crippen molar-refractivity contribution in [2.45, 2.75) is 31.8 Å². The van der Waals surface area contributed by atoms with Gasteiger partial charge in [0.15, 0.2) is 0 Å². The van der Waals surface area contributed by atoms with Gasteiger partial charge in [-0.2, -0.15) is 5.26 Å². The molecule has 1 unspecified atom stereocenters. The topological polar surface area (TPSA) is 79.3 Å². The molecule has 0 saturated carbocycles. The fourth-order valence-corrected chi connectivity index (χ4v) is 4.49. The second-order valence-corrected chi connectivity index (χ2v) is 8.82. The van der Waals surface area contributed by atoms with Gasteiger partial charge < -0.3 is 15.4 Å². The maximum Gasteiger partial charge on any atom is 0.254 e. The third-order valence-electron chi connectivity index (χ3n) is 6.66. The lowest BCUT2D eigenvalue weighted by molar-refractivity contribution is 0.0742. The Hall–Kier alpha value is -3.60. The zero-order chi connectivity index (χ0) is 25.1. The van der Waals surface area contributed by atoms with E-state index in [0.29, 0.717) is 47.4 Å². The number of nitrogens with zero attached hydrogens (tertiary/aromatic N) is 2. The van der Waals surface area contributed by atoms with Gasteiger partial charge in [-0.05, 0) is 72.4 Å². The van der Waals surface area contributed by atoms with Gasteiger partial charge in [0, 0.05) is 36.9 Å². The molecular weight excluding hydrogens is 448 g/mol. The molecule has 2 N–H and O–H groups in total. The summed E-state index contributed by atoms with van der Waals surface area (Å²) < 4.78 is 34.8. The van der Waals surface area contributed by atoms with Crippen molar-refractivity contribution in [2.24, 2.45) is 5.73 Å². The van der Waals surface area contributed by atoms with Crippen molar-refractivity contribution in [3.05, 3.63) is 82.9 Å². The molecule has 35 heavy (non-hydrogen) atoms. The van der Waals surface area contributed by atoms with E-state index in [9.17, 15) is 9.18 Å². The lowest BCUT2D eigenvalue weighted by atomic mass is 9.91. The van der Waals surface area contributed by atoms with Crippen molar-refractivity contribution in [1.82, 2.24) is 4.90 Å². The third-order valence-corrected chi connectivity index (χ3v) is 6.66. The number of nitrogens with two attached hydrogens (primary N) is 1. The lowest BCUT2D eigenvalue weighted by Crippen LogP contribution is -2.40. The maximum atomic E-state index is 15.2. The van der Waals surface area contributed by atoms with Crippen LogP contribution >= 0.6 is 0 Å². The molecule has 1 aliphatic heterocycles. The number of nitriles is 1. The number of halogens is 2. The predicted molar refractivity (Wildman–Crippen MR) is 131 cm³/mol. The van der Waals surface area contributed by atoms with Crippen molar-refractivity contribution in [3.8, 4) is 28.3 Å². The van der Waals surface area contributed by atoms with E-state index < -0.39 is 11.6 Å². The van der Waals surface area contributed by atoms with Gasteiger partial charge >= 0.3 is 0 Å². The van der Waals surface area contributed by atoms with Crippen molar-refractivity contribution in [3.63, 3.8) is 0 Å². The summed E-state index contributed by atoms with van der Waals surface area (Å²) in [6.07, 6.45) is 1.30. The molecule has 180 valence electrons. The van der Waals surface area contributed by atoms with E-state index in [1.807, 2.05) is 19.1 Å². The Balaban J connectivity index is 1.82. The molecule has 0 aromatic heterocycles. The number of hydrogen-bond acceptors (Lipinski definition) is 4. The van der Waals surface area contributed by atoms with Crippen LogP contribution in [0.3, 0.4) is 0 Å². The fourth-order valence-electron chi connectivity index (χ4n) is 4.49. The number of hydrogen-bond donors (Lipinski definition) is 1. The molecule has 3 aromatic carbocycles. The van der Waals surface area contributed by atoms with Crippen LogP contribution in [0.1, 0.15) is 34.8 Å². The van der Waals surface area contributed by atoms with Crippen molar-refractivity contribution < 1.29 is 18.3 Å². The largest absolute Gasteiger partial charge is 0.384 e. The first kappa shape index (κ1) is 24.5. The minimum Gasteiger partial charge on any atom is -0.384 e. The summed E-state index contributed by atoms with van der Waals surface area (Å²) in [5.74, 6) is -1.28. The van der Waals surface area contributed by atoms with Crippen LogP contribution in [0.15, 0.2) is 54.6 Å². The van der Waals surface area contributed by atoms with Crippen LogP contribution in [0, 0.1) is 23.0 Å². The van der Waals surface area contributed by atoms with Gasteiger partial charge in [-0.1, -0.05) is 24.3 Å². The first-order chi connectivity index (χ1) is 16.8. The van der Waals surface area contributed by atoms with Crippen molar-refractivity contribution in [1.29, 1.82) is 5.26 Å². The number of carbonyl (C=O) groups is 1. The minimum absolute atomic E-state index is 0.0870. The normalized spacial score (nSPS) is 17.4. The van der Waals surface area contributed by atoms with Crippen LogP contribution in [-0.4, -0.2) is 43.2 Å². The van der Waals surface area contributed by atoms with E-state index in [0.717, 1.165) is 12.0 Å². The summed E-state index contributed by atoms with van der Waals surface area (Å²) in [6, 6.07) is 15.8. The van der Waals surface area contributed by atoms with Gasteiger partial charge in [0.25, 0.3) is 5.91 Å². The Kier molecular flexibility index (Phi) is 7.25. The van der Waals surface area contributed by atoms with Crippen LogP contribution < -0.4 is 5.73 Å². The highest BCUT2D eigenvalue weighted by molar-refractivity contribution is 5.98. The smallest absolute Gasteiger partial charge is 0.254 e. The van der Waals surface area contributed by atoms with E-state index in [-0.39, 0.29) is 23.6 Å². The quantitative estimate of drug-likeness (QED) is 0.549. The van der Waals surface area contributed by atoms with E-state index in [2.05, 4.69) is 0 Å². The van der Waals surface area contributed by atoms with Gasteiger partial charge in [-0.3, -0.25) is 4.79 Å². The zero-order valence-electron chi connectivity index (χ0n) is 19.7. The highest BCUT2D eigenvalue weighted by Crippen LogP contribution is 2.36. The lowest BCUT2D eigenvalue weighted by Gasteiger charge is -2.24. The molecule has 5 nitrogen and oxygen atoms in total. The number of benzene rings is 3. The Morgan fingerprint density at radius 1 is 1.09 bits per heavy atom. The summed E-state index contributed by atoms with van der Waals surface area (Å²) in [7, 11) is 1.59. The maximum absolute atomic E-state index is 15.2. The minimum atomic E-state index is -0.679. The van der Waals surface area contributed by atoms with Gasteiger partial charge in [0.05, 0.1) is 12.2 Å². The van der Waals surface area contributed by atoms with Gasteiger partial charge in [0.2, 0.25) is 0 Å². The summed E-state index contributed by atoms with van der Waals surface area (Å²) in [5.41, 5.74) is 9.02. The van der Waals surface area contributed by atoms with Crippen LogP contribution in [0.5, 0.6) is 0 Å². The van der Waals surface area contributed by atoms with Gasteiger partial charge in [-0.25, -0.2) is 8.78 Å². The molecule has 1 heterocycles. The molecule has 7 heteroatoms. The third kappa shape index (κ3) is 4.95. The Morgan fingerprint density at radius 2 is 1.86 bits per heavy atom. The summed E-state index contributed by atoms with van der Waals surface area (Å²) in [5, 5.41) is 9.11. The molecule has 1 fully saturated rings. The second kappa shape index (κ2) is 10.3. The predicted octanol–water partition coefficient (Wildman–Crippen LogP) is 4.92. The van der Waals surface area contributed by atoms with Crippen LogP contribution in [-0.2, 0) is 11.2 Å². The number of carbonyl (C=O) groups excluding carboxylic acids is 1. The molecule has 0 spiro atoms. The second-order valence-electron chi connectivity index (χ2n) is 8.82. The Labute approximate surface area is 203 Å². The van der Waals surface area contributed by atoms with Gasteiger partial charge in [-0.15, -0.1) is 0 Å².